The molecule has 0 radical (unpaired) electrons. The van der Waals surface area contributed by atoms with Gasteiger partial charge in [-0.05, 0) is 12.8 Å². The summed E-state index contributed by atoms with van der Waals surface area (Å²) in [5, 5.41) is 3.98. The molecule has 1 aliphatic rings. The van der Waals surface area contributed by atoms with Crippen molar-refractivity contribution >= 4 is 11.7 Å². The molecule has 1 fully saturated rings. The van der Waals surface area contributed by atoms with Gasteiger partial charge in [0.2, 0.25) is 0 Å². The van der Waals surface area contributed by atoms with Gasteiger partial charge in [0.1, 0.15) is 11.4 Å². The third kappa shape index (κ3) is 2.26. The van der Waals surface area contributed by atoms with E-state index in [4.69, 9.17) is 10.5 Å². The van der Waals surface area contributed by atoms with E-state index >= 15 is 0 Å². The van der Waals surface area contributed by atoms with Crippen molar-refractivity contribution in [2.75, 3.05) is 26.0 Å². The van der Waals surface area contributed by atoms with Gasteiger partial charge in [-0.1, -0.05) is 0 Å². The van der Waals surface area contributed by atoms with E-state index < -0.39 is 0 Å². The van der Waals surface area contributed by atoms with Gasteiger partial charge in [-0.2, -0.15) is 5.10 Å². The Hall–Kier alpha value is -1.56. The molecule has 0 unspecified atom stereocenters. The average molecular weight is 238 g/mol. The van der Waals surface area contributed by atoms with Crippen molar-refractivity contribution in [1.29, 1.82) is 0 Å². The molecular formula is C11H18N4O2. The van der Waals surface area contributed by atoms with E-state index in [1.165, 1.54) is 10.9 Å². The van der Waals surface area contributed by atoms with Crippen molar-refractivity contribution in [3.63, 3.8) is 0 Å². The van der Waals surface area contributed by atoms with Crippen molar-refractivity contribution in [3.05, 3.63) is 11.8 Å². The second-order valence-electron chi connectivity index (χ2n) is 4.33. The maximum absolute atomic E-state index is 12.2. The minimum absolute atomic E-state index is 0.0671. The quantitative estimate of drug-likeness (QED) is 0.801. The minimum atomic E-state index is -0.0671. The predicted molar refractivity (Wildman–Crippen MR) is 63.6 cm³/mol. The third-order valence-corrected chi connectivity index (χ3v) is 3.27. The number of carbonyl (C=O) groups is 1. The molecule has 6 nitrogen and oxygen atoms in total. The lowest BCUT2D eigenvalue weighted by Gasteiger charge is -2.31. The van der Waals surface area contributed by atoms with Gasteiger partial charge in [0.25, 0.3) is 5.91 Å². The number of hydrogen-bond acceptors (Lipinski definition) is 4. The minimum Gasteiger partial charge on any atom is -0.383 e. The Morgan fingerprint density at radius 1 is 1.59 bits per heavy atom. The number of rotatable bonds is 2. The molecule has 94 valence electrons. The summed E-state index contributed by atoms with van der Waals surface area (Å²) in [6.07, 6.45) is 3.28. The molecule has 1 aromatic heterocycles. The maximum Gasteiger partial charge on any atom is 0.259 e. The van der Waals surface area contributed by atoms with E-state index in [9.17, 15) is 4.79 Å². The van der Waals surface area contributed by atoms with Crippen LogP contribution in [0.5, 0.6) is 0 Å². The van der Waals surface area contributed by atoms with Crippen LogP contribution in [0, 0.1) is 0 Å². The van der Waals surface area contributed by atoms with E-state index in [-0.39, 0.29) is 11.9 Å². The normalized spacial score (nSPS) is 17.1. The van der Waals surface area contributed by atoms with Gasteiger partial charge < -0.3 is 15.4 Å². The molecule has 6 heteroatoms. The zero-order valence-corrected chi connectivity index (χ0v) is 10.2. The highest BCUT2D eigenvalue weighted by Gasteiger charge is 2.25. The SMILES string of the molecule is CN(C(=O)c1cnn(C)c1N)C1CCOCC1. The van der Waals surface area contributed by atoms with Gasteiger partial charge in [-0.3, -0.25) is 9.48 Å². The van der Waals surface area contributed by atoms with Crippen LogP contribution in [0.2, 0.25) is 0 Å². The van der Waals surface area contributed by atoms with Gasteiger partial charge in [-0.25, -0.2) is 0 Å². The van der Waals surface area contributed by atoms with Crippen LogP contribution in [0.1, 0.15) is 23.2 Å². The topological polar surface area (TPSA) is 73.4 Å². The van der Waals surface area contributed by atoms with Crippen LogP contribution in [-0.2, 0) is 11.8 Å². The smallest absolute Gasteiger partial charge is 0.259 e. The molecule has 1 amide bonds. The Balaban J connectivity index is 2.11. The van der Waals surface area contributed by atoms with Gasteiger partial charge in [0, 0.05) is 33.4 Å². The molecule has 0 aliphatic carbocycles. The number of nitrogens with zero attached hydrogens (tertiary/aromatic N) is 3. The molecule has 1 aromatic rings. The molecule has 0 saturated carbocycles. The van der Waals surface area contributed by atoms with Crippen LogP contribution in [0.3, 0.4) is 0 Å². The number of aromatic nitrogens is 2. The number of carbonyl (C=O) groups excluding carboxylic acids is 1. The highest BCUT2D eigenvalue weighted by atomic mass is 16.5. The van der Waals surface area contributed by atoms with Gasteiger partial charge >= 0.3 is 0 Å². The van der Waals surface area contributed by atoms with Crippen molar-refractivity contribution in [1.82, 2.24) is 14.7 Å². The van der Waals surface area contributed by atoms with Crippen LogP contribution in [-0.4, -0.2) is 46.9 Å². The van der Waals surface area contributed by atoms with E-state index in [1.807, 2.05) is 7.05 Å². The summed E-state index contributed by atoms with van der Waals surface area (Å²) in [4.78, 5) is 14.0. The largest absolute Gasteiger partial charge is 0.383 e. The average Bonchev–Trinajstić information content (AvgIpc) is 2.69. The molecule has 1 saturated heterocycles. The van der Waals surface area contributed by atoms with Crippen LogP contribution in [0.25, 0.3) is 0 Å². The molecule has 17 heavy (non-hydrogen) atoms. The fourth-order valence-electron chi connectivity index (χ4n) is 2.04. The second-order valence-corrected chi connectivity index (χ2v) is 4.33. The van der Waals surface area contributed by atoms with E-state index in [0.717, 1.165) is 12.8 Å². The number of nitrogen functional groups attached to an aromatic ring is 1. The Labute approximate surface area is 100 Å². The molecule has 0 bridgehead atoms. The first-order valence-electron chi connectivity index (χ1n) is 5.73. The van der Waals surface area contributed by atoms with Crippen molar-refractivity contribution in [3.8, 4) is 0 Å². The highest BCUT2D eigenvalue weighted by molar-refractivity contribution is 5.98. The summed E-state index contributed by atoms with van der Waals surface area (Å²) in [6.45, 7) is 1.43. The van der Waals surface area contributed by atoms with Crippen LogP contribution < -0.4 is 5.73 Å². The monoisotopic (exact) mass is 238 g/mol. The molecule has 1 aliphatic heterocycles. The van der Waals surface area contributed by atoms with Gasteiger partial charge in [-0.15, -0.1) is 0 Å². The Kier molecular flexibility index (Phi) is 3.33. The third-order valence-electron chi connectivity index (χ3n) is 3.27. The lowest BCUT2D eigenvalue weighted by molar-refractivity contribution is 0.0362. The number of aryl methyl sites for hydroxylation is 1. The summed E-state index contributed by atoms with van der Waals surface area (Å²) < 4.78 is 6.79. The van der Waals surface area contributed by atoms with Crippen LogP contribution in [0.4, 0.5) is 5.82 Å². The highest BCUT2D eigenvalue weighted by Crippen LogP contribution is 2.18. The number of amides is 1. The number of ether oxygens (including phenoxy) is 1. The standard InChI is InChI=1S/C11H18N4O2/c1-14(8-3-5-17-6-4-8)11(16)9-7-13-15(2)10(9)12/h7-8H,3-6,12H2,1-2H3. The predicted octanol–water partition coefficient (Wildman–Crippen LogP) is 0.253. The first kappa shape index (κ1) is 11.9. The Bertz CT molecular complexity index is 410. The van der Waals surface area contributed by atoms with E-state index in [2.05, 4.69) is 5.10 Å². The summed E-state index contributed by atoms with van der Waals surface area (Å²) in [5.41, 5.74) is 6.27. The molecule has 2 rings (SSSR count). The van der Waals surface area contributed by atoms with Crippen LogP contribution >= 0.6 is 0 Å². The first-order chi connectivity index (χ1) is 8.11. The van der Waals surface area contributed by atoms with Gasteiger partial charge in [0.15, 0.2) is 0 Å². The maximum atomic E-state index is 12.2. The summed E-state index contributed by atoms with van der Waals surface area (Å²) in [7, 11) is 3.53. The van der Waals surface area contributed by atoms with Crippen LogP contribution in [0.15, 0.2) is 6.20 Å². The molecule has 0 spiro atoms. The summed E-state index contributed by atoms with van der Waals surface area (Å²) >= 11 is 0. The molecule has 2 N–H and O–H groups in total. The fraction of sp³-hybridized carbons (Fsp3) is 0.636. The number of anilines is 1. The molecular weight excluding hydrogens is 220 g/mol. The lowest BCUT2D eigenvalue weighted by atomic mass is 10.1. The van der Waals surface area contributed by atoms with Crippen molar-refractivity contribution in [2.24, 2.45) is 7.05 Å². The molecule has 2 heterocycles. The zero-order valence-electron chi connectivity index (χ0n) is 10.2. The summed E-state index contributed by atoms with van der Waals surface area (Å²) in [5.74, 6) is 0.344. The Morgan fingerprint density at radius 2 is 2.24 bits per heavy atom. The summed E-state index contributed by atoms with van der Waals surface area (Å²) in [6, 6.07) is 0.232. The number of hydrogen-bond donors (Lipinski definition) is 1. The van der Waals surface area contributed by atoms with E-state index in [0.29, 0.717) is 24.6 Å². The Morgan fingerprint density at radius 3 is 2.76 bits per heavy atom. The second kappa shape index (κ2) is 4.75. The van der Waals surface area contributed by atoms with Crippen molar-refractivity contribution in [2.45, 2.75) is 18.9 Å². The van der Waals surface area contributed by atoms with Crippen molar-refractivity contribution < 1.29 is 9.53 Å². The first-order valence-corrected chi connectivity index (χ1v) is 5.73. The van der Waals surface area contributed by atoms with E-state index in [1.54, 1.807) is 11.9 Å². The lowest BCUT2D eigenvalue weighted by Crippen LogP contribution is -2.40. The number of nitrogens with two attached hydrogens (primary N) is 1. The fourth-order valence-corrected chi connectivity index (χ4v) is 2.04. The molecule has 0 aromatic carbocycles. The molecule has 0 atom stereocenters. The zero-order chi connectivity index (χ0) is 12.4. The van der Waals surface area contributed by atoms with Gasteiger partial charge in [0.05, 0.1) is 6.20 Å².